The summed E-state index contributed by atoms with van der Waals surface area (Å²) in [7, 11) is -8.19. The number of hydrogen-bond acceptors (Lipinski definition) is 7. The van der Waals surface area contributed by atoms with Crippen molar-refractivity contribution in [3.05, 3.63) is 113 Å². The molecule has 0 fully saturated rings. The van der Waals surface area contributed by atoms with Crippen molar-refractivity contribution in [2.45, 2.75) is 80.9 Å². The Morgan fingerprint density at radius 2 is 1.12 bits per heavy atom. The van der Waals surface area contributed by atoms with Crippen molar-refractivity contribution in [1.29, 1.82) is 0 Å². The van der Waals surface area contributed by atoms with Crippen LogP contribution in [0.25, 0.3) is 0 Å². The highest BCUT2D eigenvalue weighted by Crippen LogP contribution is 2.39. The van der Waals surface area contributed by atoms with Gasteiger partial charge >= 0.3 is 0 Å². The highest BCUT2D eigenvalue weighted by Gasteiger charge is 2.27. The van der Waals surface area contributed by atoms with Gasteiger partial charge in [-0.2, -0.15) is 16.8 Å². The van der Waals surface area contributed by atoms with E-state index in [-0.39, 0.29) is 29.1 Å². The number of aryl methyl sites for hydroxylation is 2. The summed E-state index contributed by atoms with van der Waals surface area (Å²) in [6.07, 6.45) is 1.36. The van der Waals surface area contributed by atoms with Gasteiger partial charge in [0, 0.05) is 15.2 Å². The van der Waals surface area contributed by atoms with Gasteiger partial charge in [-0.15, -0.1) is 0 Å². The zero-order chi connectivity index (χ0) is 35.3. The minimum atomic E-state index is -4.13. The molecule has 4 aromatic rings. The molecular weight excluding hydrogens is 669 g/mol. The van der Waals surface area contributed by atoms with E-state index in [1.807, 2.05) is 54.6 Å². The minimum Gasteiger partial charge on any atom is -0.508 e. The van der Waals surface area contributed by atoms with Crippen molar-refractivity contribution in [3.63, 3.8) is 0 Å². The van der Waals surface area contributed by atoms with Crippen molar-refractivity contribution in [2.24, 2.45) is 0 Å². The zero-order valence-electron chi connectivity index (χ0n) is 27.9. The van der Waals surface area contributed by atoms with Crippen LogP contribution in [0.5, 0.6) is 17.2 Å². The van der Waals surface area contributed by atoms with E-state index >= 15 is 0 Å². The van der Waals surface area contributed by atoms with Crippen LogP contribution >= 0.6 is 11.8 Å². The Kier molecular flexibility index (Phi) is 11.7. The average molecular weight is 713 g/mol. The summed E-state index contributed by atoms with van der Waals surface area (Å²) in [6, 6.07) is 26.8. The Morgan fingerprint density at radius 3 is 1.65 bits per heavy atom. The molecule has 11 heteroatoms. The number of rotatable bonds is 14. The third-order valence-electron chi connectivity index (χ3n) is 8.24. The van der Waals surface area contributed by atoms with Crippen molar-refractivity contribution >= 4 is 32.0 Å². The molecule has 3 N–H and O–H groups in total. The summed E-state index contributed by atoms with van der Waals surface area (Å²) in [5, 5.41) is 9.54. The van der Waals surface area contributed by atoms with Gasteiger partial charge in [0.2, 0.25) is 0 Å². The summed E-state index contributed by atoms with van der Waals surface area (Å²) >= 11 is 1.55. The number of phenolic OH excluding ortho intramolecular Hbond substituents is 1. The molecule has 0 aromatic heterocycles. The largest absolute Gasteiger partial charge is 0.508 e. The molecule has 0 saturated carbocycles. The lowest BCUT2D eigenvalue weighted by atomic mass is 9.74. The molecule has 0 atom stereocenters. The Balaban J connectivity index is 1.63. The third kappa shape index (κ3) is 10.8. The van der Waals surface area contributed by atoms with Gasteiger partial charge in [0.15, 0.2) is 0 Å². The van der Waals surface area contributed by atoms with Crippen LogP contribution in [0.15, 0.2) is 94.7 Å². The lowest BCUT2D eigenvalue weighted by molar-refractivity contribution is 0.470. The van der Waals surface area contributed by atoms with Gasteiger partial charge in [0.25, 0.3) is 20.2 Å². The molecule has 0 heterocycles. The van der Waals surface area contributed by atoms with Crippen LogP contribution in [-0.2, 0) is 43.9 Å². The van der Waals surface area contributed by atoms with E-state index in [9.17, 15) is 31.0 Å². The number of ether oxygens (including phenoxy) is 1. The van der Waals surface area contributed by atoms with Crippen LogP contribution in [0.2, 0.25) is 0 Å². The van der Waals surface area contributed by atoms with Crippen LogP contribution in [0.4, 0.5) is 0 Å². The van der Waals surface area contributed by atoms with E-state index in [2.05, 4.69) is 52.8 Å². The molecule has 0 radical (unpaired) electrons. The lowest BCUT2D eigenvalue weighted by Gasteiger charge is -2.30. The highest BCUT2D eigenvalue weighted by atomic mass is 32.2. The smallest absolute Gasteiger partial charge is 0.264 e. The van der Waals surface area contributed by atoms with Gasteiger partial charge in [0.1, 0.15) is 17.2 Å². The van der Waals surface area contributed by atoms with E-state index in [1.54, 1.807) is 23.9 Å². The fourth-order valence-corrected chi connectivity index (χ4v) is 7.43. The molecule has 0 aliphatic rings. The maximum atomic E-state index is 11.5. The van der Waals surface area contributed by atoms with Crippen LogP contribution < -0.4 is 4.74 Å². The fourth-order valence-electron chi connectivity index (χ4n) is 5.59. The maximum Gasteiger partial charge on any atom is 0.264 e. The summed E-state index contributed by atoms with van der Waals surface area (Å²) in [6.45, 7) is 10.5. The second-order valence-electron chi connectivity index (χ2n) is 13.5. The molecule has 0 saturated heterocycles. The van der Waals surface area contributed by atoms with E-state index < -0.39 is 25.7 Å². The Bertz CT molecular complexity index is 1930. The van der Waals surface area contributed by atoms with E-state index in [1.165, 1.54) is 0 Å². The standard InChI is InChI=1S/C37H44O8S3/c1-36(2,3)34-20-10-28(24-26(34)8-6-22-47(39,40)41)37(4,5)29-11-21-35(27(25-29)9-7-23-48(42,43)44)45-31-14-18-33(19-15-31)46-32-16-12-30(38)13-17-32/h10-21,24-25,38H,6-9,22-23H2,1-5H3,(H,39,40,41)(H,42,43,44). The van der Waals surface area contributed by atoms with Gasteiger partial charge in [0.05, 0.1) is 11.5 Å². The van der Waals surface area contributed by atoms with Gasteiger partial charge in [-0.05, 0) is 114 Å². The number of phenols is 1. The van der Waals surface area contributed by atoms with Crippen LogP contribution in [0.1, 0.15) is 75.3 Å². The maximum absolute atomic E-state index is 11.5. The first-order valence-electron chi connectivity index (χ1n) is 15.7. The lowest BCUT2D eigenvalue weighted by Crippen LogP contribution is -2.22. The van der Waals surface area contributed by atoms with Crippen molar-refractivity contribution in [1.82, 2.24) is 0 Å². The number of hydrogen-bond donors (Lipinski definition) is 3. The second-order valence-corrected chi connectivity index (χ2v) is 17.8. The predicted molar refractivity (Wildman–Crippen MR) is 192 cm³/mol. The van der Waals surface area contributed by atoms with Crippen molar-refractivity contribution in [3.8, 4) is 17.2 Å². The molecule has 4 aromatic carbocycles. The molecule has 258 valence electrons. The number of aromatic hydroxyl groups is 1. The molecule has 4 rings (SSSR count). The predicted octanol–water partition coefficient (Wildman–Crippen LogP) is 8.60. The van der Waals surface area contributed by atoms with E-state index in [0.717, 1.165) is 37.6 Å². The first-order chi connectivity index (χ1) is 22.3. The van der Waals surface area contributed by atoms with Crippen molar-refractivity contribution < 1.29 is 35.8 Å². The van der Waals surface area contributed by atoms with Gasteiger partial charge in [-0.1, -0.05) is 76.7 Å². The number of benzene rings is 4. The Hall–Kier alpha value is -3.35. The second kappa shape index (κ2) is 15.0. The molecule has 0 amide bonds. The Morgan fingerprint density at radius 1 is 0.646 bits per heavy atom. The van der Waals surface area contributed by atoms with E-state index in [4.69, 9.17) is 4.74 Å². The van der Waals surface area contributed by atoms with Gasteiger partial charge in [-0.25, -0.2) is 0 Å². The summed E-state index contributed by atoms with van der Waals surface area (Å²) < 4.78 is 70.8. The molecular formula is C37H44O8S3. The fraction of sp³-hybridized carbons (Fsp3) is 0.351. The third-order valence-corrected chi connectivity index (χ3v) is 10.9. The summed E-state index contributed by atoms with van der Waals surface area (Å²) in [5.41, 5.74) is 4.28. The molecule has 48 heavy (non-hydrogen) atoms. The Labute approximate surface area is 289 Å². The monoisotopic (exact) mass is 712 g/mol. The molecule has 8 nitrogen and oxygen atoms in total. The van der Waals surface area contributed by atoms with Gasteiger partial charge in [-0.3, -0.25) is 9.11 Å². The molecule has 0 unspecified atom stereocenters. The van der Waals surface area contributed by atoms with Crippen LogP contribution in [0, 0.1) is 0 Å². The SMILES string of the molecule is CC(C)(C)c1ccc(C(C)(C)c2ccc(Oc3ccc(Sc4ccc(O)cc4)cc3)c(CCCS(=O)(=O)O)c2)cc1CCCS(=O)(=O)O. The summed E-state index contributed by atoms with van der Waals surface area (Å²) in [4.78, 5) is 1.98. The zero-order valence-corrected chi connectivity index (χ0v) is 30.4. The van der Waals surface area contributed by atoms with Crippen molar-refractivity contribution in [2.75, 3.05) is 11.5 Å². The molecule has 0 spiro atoms. The highest BCUT2D eigenvalue weighted by molar-refractivity contribution is 7.99. The summed E-state index contributed by atoms with van der Waals surface area (Å²) in [5.74, 6) is 0.725. The van der Waals surface area contributed by atoms with Crippen LogP contribution in [-0.4, -0.2) is 42.6 Å². The molecule has 0 bridgehead atoms. The quantitative estimate of drug-likeness (QED) is 0.110. The van der Waals surface area contributed by atoms with Crippen LogP contribution in [0.3, 0.4) is 0 Å². The van der Waals surface area contributed by atoms with Gasteiger partial charge < -0.3 is 9.84 Å². The first kappa shape index (κ1) is 37.5. The average Bonchev–Trinajstić information content (AvgIpc) is 2.98. The normalized spacial score (nSPS) is 12.6. The molecule has 0 aliphatic heterocycles. The molecule has 0 aliphatic carbocycles. The topological polar surface area (TPSA) is 138 Å². The minimum absolute atomic E-state index is 0.169. The first-order valence-corrected chi connectivity index (χ1v) is 19.8. The van der Waals surface area contributed by atoms with E-state index in [0.29, 0.717) is 30.8 Å².